The van der Waals surface area contributed by atoms with Crippen LogP contribution in [-0.4, -0.2) is 30.3 Å². The van der Waals surface area contributed by atoms with E-state index in [1.54, 1.807) is 11.3 Å². The number of fused-ring (bicyclic) bond motifs is 1. The maximum Gasteiger partial charge on any atom is 0.164 e. The summed E-state index contributed by atoms with van der Waals surface area (Å²) in [7, 11) is 0. The zero-order valence-corrected chi connectivity index (χ0v) is 11.9. The van der Waals surface area contributed by atoms with E-state index in [-0.39, 0.29) is 0 Å². The van der Waals surface area contributed by atoms with Crippen LogP contribution in [0.15, 0.2) is 29.6 Å². The third-order valence-electron chi connectivity index (χ3n) is 3.86. The lowest BCUT2D eigenvalue weighted by atomic mass is 10.1. The quantitative estimate of drug-likeness (QED) is 0.769. The standard InChI is InChI=1S/C16H19NOS/c18-15(7-5-11-17-9-3-4-10-17)14-12-19-16-8-2-1-6-13(14)16/h1-2,6,8,12H,3-5,7,9-11H2. The number of hydrogen-bond acceptors (Lipinski definition) is 3. The van der Waals surface area contributed by atoms with E-state index in [4.69, 9.17) is 0 Å². The van der Waals surface area contributed by atoms with Crippen molar-refractivity contribution in [3.05, 3.63) is 35.2 Å². The number of Topliss-reactive ketones (excluding diaryl/α,β-unsaturated/α-hetero) is 1. The van der Waals surface area contributed by atoms with Gasteiger partial charge in [-0.2, -0.15) is 0 Å². The molecule has 1 aliphatic heterocycles. The first-order chi connectivity index (χ1) is 9.34. The summed E-state index contributed by atoms with van der Waals surface area (Å²) in [5, 5.41) is 3.14. The van der Waals surface area contributed by atoms with Gasteiger partial charge in [0.15, 0.2) is 5.78 Å². The maximum atomic E-state index is 12.3. The minimum Gasteiger partial charge on any atom is -0.303 e. The fraction of sp³-hybridized carbons (Fsp3) is 0.438. The molecular weight excluding hydrogens is 254 g/mol. The van der Waals surface area contributed by atoms with Gasteiger partial charge in [0.2, 0.25) is 0 Å². The number of rotatable bonds is 5. The second kappa shape index (κ2) is 5.85. The lowest BCUT2D eigenvalue weighted by Crippen LogP contribution is -2.20. The molecule has 0 unspecified atom stereocenters. The van der Waals surface area contributed by atoms with E-state index >= 15 is 0 Å². The van der Waals surface area contributed by atoms with Crippen molar-refractivity contribution in [2.24, 2.45) is 0 Å². The molecule has 0 amide bonds. The predicted molar refractivity (Wildman–Crippen MR) is 81.1 cm³/mol. The normalized spacial score (nSPS) is 16.2. The maximum absolute atomic E-state index is 12.3. The molecule has 1 aromatic carbocycles. The summed E-state index contributed by atoms with van der Waals surface area (Å²) in [6.45, 7) is 3.51. The van der Waals surface area contributed by atoms with Crippen LogP contribution in [0.2, 0.25) is 0 Å². The van der Waals surface area contributed by atoms with Gasteiger partial charge < -0.3 is 4.90 Å². The lowest BCUT2D eigenvalue weighted by Gasteiger charge is -2.13. The number of ketones is 1. The second-order valence-electron chi connectivity index (χ2n) is 5.22. The Morgan fingerprint density at radius 1 is 1.21 bits per heavy atom. The summed E-state index contributed by atoms with van der Waals surface area (Å²) in [5.41, 5.74) is 0.919. The van der Waals surface area contributed by atoms with E-state index in [2.05, 4.69) is 17.0 Å². The van der Waals surface area contributed by atoms with Gasteiger partial charge >= 0.3 is 0 Å². The van der Waals surface area contributed by atoms with Gasteiger partial charge in [0, 0.05) is 27.5 Å². The molecule has 0 radical (unpaired) electrons. The highest BCUT2D eigenvalue weighted by atomic mass is 32.1. The molecule has 2 nitrogen and oxygen atoms in total. The first-order valence-corrected chi connectivity index (χ1v) is 7.94. The van der Waals surface area contributed by atoms with Crippen molar-refractivity contribution in [2.75, 3.05) is 19.6 Å². The van der Waals surface area contributed by atoms with E-state index in [9.17, 15) is 4.79 Å². The number of thiophene rings is 1. The van der Waals surface area contributed by atoms with Gasteiger partial charge in [-0.1, -0.05) is 18.2 Å². The van der Waals surface area contributed by atoms with Gasteiger partial charge in [0.05, 0.1) is 0 Å². The van der Waals surface area contributed by atoms with Crippen LogP contribution in [0.1, 0.15) is 36.0 Å². The summed E-state index contributed by atoms with van der Waals surface area (Å²) < 4.78 is 1.21. The summed E-state index contributed by atoms with van der Waals surface area (Å²) >= 11 is 1.67. The van der Waals surface area contributed by atoms with Crippen molar-refractivity contribution in [1.29, 1.82) is 0 Å². The molecule has 0 spiro atoms. The zero-order valence-electron chi connectivity index (χ0n) is 11.1. The van der Waals surface area contributed by atoms with Crippen molar-refractivity contribution < 1.29 is 4.79 Å². The number of benzene rings is 1. The Morgan fingerprint density at radius 2 is 2.00 bits per heavy atom. The van der Waals surface area contributed by atoms with Gasteiger partial charge in [-0.3, -0.25) is 4.79 Å². The molecule has 19 heavy (non-hydrogen) atoms. The van der Waals surface area contributed by atoms with Crippen molar-refractivity contribution in [1.82, 2.24) is 4.90 Å². The van der Waals surface area contributed by atoms with Crippen LogP contribution in [-0.2, 0) is 0 Å². The van der Waals surface area contributed by atoms with E-state index in [0.29, 0.717) is 12.2 Å². The molecule has 2 heterocycles. The molecule has 2 aromatic rings. The van der Waals surface area contributed by atoms with Gasteiger partial charge in [-0.05, 0) is 45.0 Å². The van der Waals surface area contributed by atoms with Crippen LogP contribution in [0, 0.1) is 0 Å². The van der Waals surface area contributed by atoms with Crippen LogP contribution < -0.4 is 0 Å². The molecule has 0 aliphatic carbocycles. The van der Waals surface area contributed by atoms with Crippen molar-refractivity contribution in [2.45, 2.75) is 25.7 Å². The largest absolute Gasteiger partial charge is 0.303 e. The Kier molecular flexibility index (Phi) is 3.95. The highest BCUT2D eigenvalue weighted by molar-refractivity contribution is 7.17. The van der Waals surface area contributed by atoms with Crippen LogP contribution >= 0.6 is 11.3 Å². The predicted octanol–water partition coefficient (Wildman–Crippen LogP) is 3.96. The Hall–Kier alpha value is -1.19. The van der Waals surface area contributed by atoms with Gasteiger partial charge in [-0.25, -0.2) is 0 Å². The Morgan fingerprint density at radius 3 is 2.84 bits per heavy atom. The monoisotopic (exact) mass is 273 g/mol. The first-order valence-electron chi connectivity index (χ1n) is 7.06. The number of hydrogen-bond donors (Lipinski definition) is 0. The molecule has 1 fully saturated rings. The third-order valence-corrected chi connectivity index (χ3v) is 4.82. The molecule has 0 N–H and O–H groups in total. The molecule has 100 valence electrons. The van der Waals surface area contributed by atoms with Gasteiger partial charge in [-0.15, -0.1) is 11.3 Å². The molecule has 1 saturated heterocycles. The number of nitrogens with zero attached hydrogens (tertiary/aromatic N) is 1. The van der Waals surface area contributed by atoms with Crippen molar-refractivity contribution in [3.63, 3.8) is 0 Å². The molecule has 0 saturated carbocycles. The minimum absolute atomic E-state index is 0.302. The number of carbonyl (C=O) groups excluding carboxylic acids is 1. The highest BCUT2D eigenvalue weighted by Crippen LogP contribution is 2.26. The molecule has 1 aliphatic rings. The van der Waals surface area contributed by atoms with Crippen LogP contribution in [0.3, 0.4) is 0 Å². The number of likely N-dealkylation sites (tertiary alicyclic amines) is 1. The molecule has 3 rings (SSSR count). The average Bonchev–Trinajstić information content (AvgIpc) is 3.07. The van der Waals surface area contributed by atoms with E-state index in [1.165, 1.54) is 30.6 Å². The molecular formula is C16H19NOS. The van der Waals surface area contributed by atoms with Crippen LogP contribution in [0.5, 0.6) is 0 Å². The van der Waals surface area contributed by atoms with Gasteiger partial charge in [0.25, 0.3) is 0 Å². The van der Waals surface area contributed by atoms with Crippen LogP contribution in [0.25, 0.3) is 10.1 Å². The fourth-order valence-electron chi connectivity index (χ4n) is 2.80. The SMILES string of the molecule is O=C(CCCN1CCCC1)c1csc2ccccc12. The smallest absolute Gasteiger partial charge is 0.164 e. The topological polar surface area (TPSA) is 20.3 Å². The average molecular weight is 273 g/mol. The van der Waals surface area contributed by atoms with Crippen LogP contribution in [0.4, 0.5) is 0 Å². The Bertz CT molecular complexity index is 569. The molecule has 0 atom stereocenters. The minimum atomic E-state index is 0.302. The molecule has 3 heteroatoms. The molecule has 1 aromatic heterocycles. The Balaban J connectivity index is 1.60. The van der Waals surface area contributed by atoms with Crippen molar-refractivity contribution >= 4 is 27.2 Å². The highest BCUT2D eigenvalue weighted by Gasteiger charge is 2.14. The summed E-state index contributed by atoms with van der Waals surface area (Å²) in [4.78, 5) is 14.8. The molecule has 0 bridgehead atoms. The van der Waals surface area contributed by atoms with Gasteiger partial charge in [0.1, 0.15) is 0 Å². The van der Waals surface area contributed by atoms with E-state index in [1.807, 2.05) is 17.5 Å². The lowest BCUT2D eigenvalue weighted by molar-refractivity contribution is 0.0978. The first kappa shape index (κ1) is 12.8. The van der Waals surface area contributed by atoms with E-state index < -0.39 is 0 Å². The third kappa shape index (κ3) is 2.88. The summed E-state index contributed by atoms with van der Waals surface area (Å²) in [6, 6.07) is 8.18. The van der Waals surface area contributed by atoms with Crippen molar-refractivity contribution in [3.8, 4) is 0 Å². The summed E-state index contributed by atoms with van der Waals surface area (Å²) in [6.07, 6.45) is 4.31. The zero-order chi connectivity index (χ0) is 13.1. The number of carbonyl (C=O) groups is 1. The summed E-state index contributed by atoms with van der Waals surface area (Å²) in [5.74, 6) is 0.302. The fourth-order valence-corrected chi connectivity index (χ4v) is 3.76. The van der Waals surface area contributed by atoms with E-state index in [0.717, 1.165) is 23.9 Å². The Labute approximate surface area is 118 Å². The second-order valence-corrected chi connectivity index (χ2v) is 6.13.